The van der Waals surface area contributed by atoms with Crippen LogP contribution in [-0.4, -0.2) is 25.9 Å². The molecule has 15 heavy (non-hydrogen) atoms. The van der Waals surface area contributed by atoms with Crippen LogP contribution in [0.5, 0.6) is 0 Å². The highest BCUT2D eigenvalue weighted by atomic mass is 16.5. The molecule has 1 fully saturated rings. The van der Waals surface area contributed by atoms with Gasteiger partial charge in [0.15, 0.2) is 0 Å². The highest BCUT2D eigenvalue weighted by Crippen LogP contribution is 2.49. The zero-order valence-corrected chi connectivity index (χ0v) is 10.0. The summed E-state index contributed by atoms with van der Waals surface area (Å²) in [4.78, 5) is 0. The summed E-state index contributed by atoms with van der Waals surface area (Å²) in [5, 5.41) is 0. The fourth-order valence-corrected chi connectivity index (χ4v) is 2.73. The van der Waals surface area contributed by atoms with E-state index in [0.29, 0.717) is 23.5 Å². The summed E-state index contributed by atoms with van der Waals surface area (Å²) < 4.78 is 11.1. The van der Waals surface area contributed by atoms with E-state index in [4.69, 9.17) is 9.47 Å². The van der Waals surface area contributed by atoms with E-state index in [9.17, 15) is 0 Å². The van der Waals surface area contributed by atoms with Gasteiger partial charge in [0.2, 0.25) is 0 Å². The van der Waals surface area contributed by atoms with Crippen LogP contribution in [0.1, 0.15) is 33.1 Å². The van der Waals surface area contributed by atoms with Gasteiger partial charge in [-0.3, -0.25) is 0 Å². The Morgan fingerprint density at radius 1 is 1.47 bits per heavy atom. The van der Waals surface area contributed by atoms with Crippen LogP contribution in [0.25, 0.3) is 0 Å². The van der Waals surface area contributed by atoms with Crippen molar-refractivity contribution in [2.75, 3.05) is 13.7 Å². The lowest BCUT2D eigenvalue weighted by atomic mass is 9.90. The van der Waals surface area contributed by atoms with Crippen molar-refractivity contribution in [2.24, 2.45) is 11.3 Å². The molecule has 86 valence electrons. The third-order valence-electron chi connectivity index (χ3n) is 3.85. The first kappa shape index (κ1) is 11.2. The first-order chi connectivity index (χ1) is 7.13. The molecule has 0 aromatic rings. The maximum absolute atomic E-state index is 5.94. The van der Waals surface area contributed by atoms with Gasteiger partial charge in [-0.15, -0.1) is 0 Å². The van der Waals surface area contributed by atoms with E-state index >= 15 is 0 Å². The molecular weight excluding hydrogens is 188 g/mol. The Balaban J connectivity index is 1.72. The van der Waals surface area contributed by atoms with Crippen molar-refractivity contribution in [1.29, 1.82) is 0 Å². The average Bonchev–Trinajstić information content (AvgIpc) is 2.72. The Labute approximate surface area is 92.6 Å². The molecule has 2 rings (SSSR count). The van der Waals surface area contributed by atoms with Crippen LogP contribution < -0.4 is 0 Å². The van der Waals surface area contributed by atoms with Gasteiger partial charge in [-0.1, -0.05) is 19.1 Å². The van der Waals surface area contributed by atoms with Crippen LogP contribution in [-0.2, 0) is 9.47 Å². The molecule has 2 heteroatoms. The molecule has 2 aliphatic rings. The van der Waals surface area contributed by atoms with Gasteiger partial charge in [0, 0.05) is 19.6 Å². The lowest BCUT2D eigenvalue weighted by molar-refractivity contribution is 0.00717. The SMILES string of the molecule is COC(C)CCOC1CC2(C)C=CC1C2. The van der Waals surface area contributed by atoms with Crippen molar-refractivity contribution in [3.05, 3.63) is 12.2 Å². The van der Waals surface area contributed by atoms with Crippen molar-refractivity contribution < 1.29 is 9.47 Å². The van der Waals surface area contributed by atoms with Crippen LogP contribution in [0, 0.1) is 11.3 Å². The minimum Gasteiger partial charge on any atom is -0.382 e. The molecule has 0 heterocycles. The summed E-state index contributed by atoms with van der Waals surface area (Å²) in [5.74, 6) is 0.674. The van der Waals surface area contributed by atoms with Gasteiger partial charge in [0.1, 0.15) is 0 Å². The maximum Gasteiger partial charge on any atom is 0.0646 e. The Morgan fingerprint density at radius 3 is 2.80 bits per heavy atom. The number of hydrogen-bond donors (Lipinski definition) is 0. The van der Waals surface area contributed by atoms with Gasteiger partial charge in [0.25, 0.3) is 0 Å². The van der Waals surface area contributed by atoms with E-state index in [1.54, 1.807) is 7.11 Å². The average molecular weight is 210 g/mol. The molecule has 4 atom stereocenters. The van der Waals surface area contributed by atoms with E-state index in [1.807, 2.05) is 0 Å². The lowest BCUT2D eigenvalue weighted by Crippen LogP contribution is -2.22. The van der Waals surface area contributed by atoms with Crippen LogP contribution in [0.15, 0.2) is 12.2 Å². The second kappa shape index (κ2) is 4.26. The third-order valence-corrected chi connectivity index (χ3v) is 3.85. The molecule has 0 N–H and O–H groups in total. The second-order valence-electron chi connectivity index (χ2n) is 5.33. The van der Waals surface area contributed by atoms with E-state index in [0.717, 1.165) is 13.0 Å². The molecule has 0 aromatic heterocycles. The van der Waals surface area contributed by atoms with Crippen LogP contribution >= 0.6 is 0 Å². The minimum atomic E-state index is 0.315. The molecule has 0 saturated heterocycles. The first-order valence-corrected chi connectivity index (χ1v) is 5.97. The fraction of sp³-hybridized carbons (Fsp3) is 0.846. The van der Waals surface area contributed by atoms with Gasteiger partial charge in [-0.2, -0.15) is 0 Å². The summed E-state index contributed by atoms with van der Waals surface area (Å²) >= 11 is 0. The van der Waals surface area contributed by atoms with E-state index in [-0.39, 0.29) is 0 Å². The minimum absolute atomic E-state index is 0.315. The number of hydrogen-bond acceptors (Lipinski definition) is 2. The van der Waals surface area contributed by atoms with Crippen LogP contribution in [0.2, 0.25) is 0 Å². The highest BCUT2D eigenvalue weighted by molar-refractivity contribution is 5.17. The molecule has 2 bridgehead atoms. The predicted octanol–water partition coefficient (Wildman–Crippen LogP) is 2.78. The summed E-state index contributed by atoms with van der Waals surface area (Å²) in [6, 6.07) is 0. The number of ether oxygens (including phenoxy) is 2. The molecule has 4 unspecified atom stereocenters. The van der Waals surface area contributed by atoms with Gasteiger partial charge < -0.3 is 9.47 Å². The van der Waals surface area contributed by atoms with E-state index in [2.05, 4.69) is 26.0 Å². The molecule has 0 amide bonds. The normalized spacial score (nSPS) is 39.9. The maximum atomic E-state index is 5.94. The molecule has 2 aliphatic carbocycles. The largest absolute Gasteiger partial charge is 0.382 e. The number of fused-ring (bicyclic) bond motifs is 2. The quantitative estimate of drug-likeness (QED) is 0.650. The molecule has 2 nitrogen and oxygen atoms in total. The molecule has 0 aliphatic heterocycles. The van der Waals surface area contributed by atoms with Gasteiger partial charge in [-0.05, 0) is 31.6 Å². The zero-order valence-electron chi connectivity index (χ0n) is 10.0. The smallest absolute Gasteiger partial charge is 0.0646 e. The zero-order chi connectivity index (χ0) is 10.9. The fourth-order valence-electron chi connectivity index (χ4n) is 2.73. The number of rotatable bonds is 5. The van der Waals surface area contributed by atoms with Gasteiger partial charge in [0.05, 0.1) is 12.2 Å². The summed E-state index contributed by atoms with van der Waals surface area (Å²) in [7, 11) is 1.76. The standard InChI is InChI=1S/C13H22O2/c1-10(14-3)5-7-15-12-9-13(2)6-4-11(12)8-13/h4,6,10-12H,5,7-9H2,1-3H3. The Hall–Kier alpha value is -0.340. The summed E-state index contributed by atoms with van der Waals surface area (Å²) in [6.07, 6.45) is 8.98. The lowest BCUT2D eigenvalue weighted by Gasteiger charge is -2.22. The Kier molecular flexibility index (Phi) is 3.17. The topological polar surface area (TPSA) is 18.5 Å². The Morgan fingerprint density at radius 2 is 2.27 bits per heavy atom. The number of methoxy groups -OCH3 is 1. The molecule has 0 aromatic carbocycles. The molecule has 1 saturated carbocycles. The van der Waals surface area contributed by atoms with Crippen molar-refractivity contribution in [3.8, 4) is 0 Å². The van der Waals surface area contributed by atoms with Crippen LogP contribution in [0.4, 0.5) is 0 Å². The van der Waals surface area contributed by atoms with Crippen molar-refractivity contribution in [3.63, 3.8) is 0 Å². The van der Waals surface area contributed by atoms with E-state index < -0.39 is 0 Å². The first-order valence-electron chi connectivity index (χ1n) is 5.97. The molecule has 0 radical (unpaired) electrons. The number of allylic oxidation sites excluding steroid dienone is 1. The third kappa shape index (κ3) is 2.43. The van der Waals surface area contributed by atoms with Crippen LogP contribution in [0.3, 0.4) is 0 Å². The monoisotopic (exact) mass is 210 g/mol. The molecule has 0 spiro atoms. The van der Waals surface area contributed by atoms with Gasteiger partial charge >= 0.3 is 0 Å². The molecular formula is C13H22O2. The van der Waals surface area contributed by atoms with Gasteiger partial charge in [-0.25, -0.2) is 0 Å². The highest BCUT2D eigenvalue weighted by Gasteiger charge is 2.44. The van der Waals surface area contributed by atoms with Crippen molar-refractivity contribution >= 4 is 0 Å². The predicted molar refractivity (Wildman–Crippen MR) is 60.8 cm³/mol. The Bertz CT molecular complexity index is 249. The summed E-state index contributed by atoms with van der Waals surface area (Å²) in [5.41, 5.74) is 0.433. The second-order valence-corrected chi connectivity index (χ2v) is 5.33. The van der Waals surface area contributed by atoms with Crippen molar-refractivity contribution in [2.45, 2.75) is 45.3 Å². The van der Waals surface area contributed by atoms with Crippen molar-refractivity contribution in [1.82, 2.24) is 0 Å². The van der Waals surface area contributed by atoms with E-state index in [1.165, 1.54) is 12.8 Å². The summed E-state index contributed by atoms with van der Waals surface area (Å²) in [6.45, 7) is 5.26.